The van der Waals surface area contributed by atoms with E-state index >= 15 is 0 Å². The van der Waals surface area contributed by atoms with Crippen LogP contribution in [-0.2, 0) is 10.2 Å². The summed E-state index contributed by atoms with van der Waals surface area (Å²) in [5.74, 6) is -1.33. The highest BCUT2D eigenvalue weighted by Gasteiger charge is 2.45. The fourth-order valence-corrected chi connectivity index (χ4v) is 3.47. The zero-order valence-corrected chi connectivity index (χ0v) is 13.1. The van der Waals surface area contributed by atoms with Gasteiger partial charge in [-0.25, -0.2) is 8.78 Å². The molecule has 4 nitrogen and oxygen atoms in total. The summed E-state index contributed by atoms with van der Waals surface area (Å²) in [6, 6.07) is 5.93. The number of rotatable bonds is 5. The molecule has 1 unspecified atom stereocenters. The lowest BCUT2D eigenvalue weighted by molar-refractivity contribution is -0.128. The lowest BCUT2D eigenvalue weighted by Crippen LogP contribution is -2.45. The van der Waals surface area contributed by atoms with Gasteiger partial charge in [-0.1, -0.05) is 18.9 Å². The molecule has 0 saturated heterocycles. The molecule has 1 fully saturated rings. The highest BCUT2D eigenvalue weighted by Crippen LogP contribution is 2.43. The molecule has 2 N–H and O–H groups in total. The van der Waals surface area contributed by atoms with Crippen LogP contribution in [-0.4, -0.2) is 17.6 Å². The number of aliphatic hydroxyl groups is 1. The zero-order valence-electron chi connectivity index (χ0n) is 13.1. The molecule has 2 aromatic rings. The summed E-state index contributed by atoms with van der Waals surface area (Å²) in [5.41, 5.74) is -0.840. The SMILES string of the molecule is O=C(NC(CO)c1ccco1)C1(c2ccc(F)cc2F)CCCC1. The van der Waals surface area contributed by atoms with Crippen molar-refractivity contribution in [1.82, 2.24) is 5.32 Å². The first-order valence-corrected chi connectivity index (χ1v) is 7.97. The first-order valence-electron chi connectivity index (χ1n) is 7.97. The summed E-state index contributed by atoms with van der Waals surface area (Å²) in [4.78, 5) is 12.9. The molecule has 3 rings (SSSR count). The largest absolute Gasteiger partial charge is 0.467 e. The third-order valence-corrected chi connectivity index (χ3v) is 4.71. The minimum absolute atomic E-state index is 0.204. The van der Waals surface area contributed by atoms with Gasteiger partial charge in [0.15, 0.2) is 0 Å². The van der Waals surface area contributed by atoms with E-state index in [4.69, 9.17) is 4.42 Å². The summed E-state index contributed by atoms with van der Waals surface area (Å²) in [5, 5.41) is 12.3. The van der Waals surface area contributed by atoms with Gasteiger partial charge in [0.25, 0.3) is 0 Å². The van der Waals surface area contributed by atoms with Crippen molar-refractivity contribution >= 4 is 5.91 Å². The number of amides is 1. The number of nitrogens with one attached hydrogen (secondary N) is 1. The number of halogens is 2. The normalized spacial score (nSPS) is 17.6. The zero-order chi connectivity index (χ0) is 17.2. The fourth-order valence-electron chi connectivity index (χ4n) is 3.47. The molecule has 1 aliphatic carbocycles. The van der Waals surface area contributed by atoms with Crippen molar-refractivity contribution in [3.63, 3.8) is 0 Å². The van der Waals surface area contributed by atoms with Crippen LogP contribution in [0.3, 0.4) is 0 Å². The van der Waals surface area contributed by atoms with Crippen LogP contribution < -0.4 is 5.32 Å². The molecule has 0 radical (unpaired) electrons. The van der Waals surface area contributed by atoms with E-state index in [-0.39, 0.29) is 18.1 Å². The van der Waals surface area contributed by atoms with Gasteiger partial charge in [-0.05, 0) is 31.0 Å². The monoisotopic (exact) mass is 335 g/mol. The molecule has 24 heavy (non-hydrogen) atoms. The van der Waals surface area contributed by atoms with Crippen molar-refractivity contribution in [2.24, 2.45) is 0 Å². The van der Waals surface area contributed by atoms with Gasteiger partial charge < -0.3 is 14.8 Å². The molecule has 1 atom stereocenters. The highest BCUT2D eigenvalue weighted by atomic mass is 19.1. The molecule has 1 aliphatic rings. The summed E-state index contributed by atoms with van der Waals surface area (Å²) < 4.78 is 32.8. The van der Waals surface area contributed by atoms with Gasteiger partial charge in [0, 0.05) is 11.6 Å². The number of furan rings is 1. The van der Waals surface area contributed by atoms with E-state index in [1.165, 1.54) is 18.4 Å². The lowest BCUT2D eigenvalue weighted by Gasteiger charge is -2.30. The van der Waals surface area contributed by atoms with E-state index in [1.807, 2.05) is 0 Å². The van der Waals surface area contributed by atoms with E-state index < -0.39 is 23.1 Å². The molecule has 1 aromatic heterocycles. The number of carbonyl (C=O) groups is 1. The van der Waals surface area contributed by atoms with Gasteiger partial charge in [-0.3, -0.25) is 4.79 Å². The van der Waals surface area contributed by atoms with Crippen molar-refractivity contribution in [2.45, 2.75) is 37.1 Å². The Bertz CT molecular complexity index is 709. The second-order valence-corrected chi connectivity index (χ2v) is 6.14. The topological polar surface area (TPSA) is 62.5 Å². The minimum atomic E-state index is -1.04. The Labute approximate surface area is 138 Å². The molecule has 1 amide bonds. The van der Waals surface area contributed by atoms with E-state index in [0.29, 0.717) is 18.6 Å². The van der Waals surface area contributed by atoms with E-state index in [9.17, 15) is 18.7 Å². The summed E-state index contributed by atoms with van der Waals surface area (Å²) in [6.45, 7) is -0.332. The maximum Gasteiger partial charge on any atom is 0.231 e. The number of carbonyl (C=O) groups excluding carboxylic acids is 1. The standard InChI is InChI=1S/C18H19F2NO3/c19-12-5-6-13(14(20)10-12)18(7-1-2-8-18)17(23)21-15(11-22)16-4-3-9-24-16/h3-6,9-10,15,22H,1-2,7-8,11H2,(H,21,23). The summed E-state index contributed by atoms with van der Waals surface area (Å²) >= 11 is 0. The highest BCUT2D eigenvalue weighted by molar-refractivity contribution is 5.89. The van der Waals surface area contributed by atoms with Crippen molar-refractivity contribution < 1.29 is 23.1 Å². The summed E-state index contributed by atoms with van der Waals surface area (Å²) in [7, 11) is 0. The second-order valence-electron chi connectivity index (χ2n) is 6.14. The molecular weight excluding hydrogens is 316 g/mol. The van der Waals surface area contributed by atoms with Crippen LogP contribution in [0, 0.1) is 11.6 Å². The van der Waals surface area contributed by atoms with Crippen LogP contribution >= 0.6 is 0 Å². The van der Waals surface area contributed by atoms with Crippen LogP contribution in [0.5, 0.6) is 0 Å². The Morgan fingerprint density at radius 2 is 2.04 bits per heavy atom. The van der Waals surface area contributed by atoms with Crippen LogP contribution in [0.15, 0.2) is 41.0 Å². The van der Waals surface area contributed by atoms with E-state index in [0.717, 1.165) is 18.9 Å². The van der Waals surface area contributed by atoms with Crippen molar-refractivity contribution in [1.29, 1.82) is 0 Å². The van der Waals surface area contributed by atoms with Crippen molar-refractivity contribution in [3.8, 4) is 0 Å². The van der Waals surface area contributed by atoms with E-state index in [2.05, 4.69) is 5.32 Å². The van der Waals surface area contributed by atoms with Gasteiger partial charge >= 0.3 is 0 Å². The van der Waals surface area contributed by atoms with Gasteiger partial charge in [0.1, 0.15) is 23.4 Å². The smallest absolute Gasteiger partial charge is 0.231 e. The summed E-state index contributed by atoms with van der Waals surface area (Å²) in [6.07, 6.45) is 3.99. The number of hydrogen-bond acceptors (Lipinski definition) is 3. The van der Waals surface area contributed by atoms with Crippen LogP contribution in [0.4, 0.5) is 8.78 Å². The Morgan fingerprint density at radius 1 is 1.29 bits per heavy atom. The fraction of sp³-hybridized carbons (Fsp3) is 0.389. The number of benzene rings is 1. The molecule has 6 heteroatoms. The van der Waals surface area contributed by atoms with Gasteiger partial charge in [0.2, 0.25) is 5.91 Å². The minimum Gasteiger partial charge on any atom is -0.467 e. The van der Waals surface area contributed by atoms with Crippen molar-refractivity contribution in [3.05, 3.63) is 59.6 Å². The first-order chi connectivity index (χ1) is 11.6. The second kappa shape index (κ2) is 6.73. The predicted octanol–water partition coefficient (Wildman–Crippen LogP) is 3.22. The maximum atomic E-state index is 14.3. The van der Waals surface area contributed by atoms with Crippen LogP contribution in [0.25, 0.3) is 0 Å². The number of aliphatic hydroxyl groups excluding tert-OH is 1. The third kappa shape index (κ3) is 2.94. The van der Waals surface area contributed by atoms with Gasteiger partial charge in [-0.2, -0.15) is 0 Å². The Kier molecular flexibility index (Phi) is 4.66. The number of hydrogen-bond donors (Lipinski definition) is 2. The van der Waals surface area contributed by atoms with Crippen molar-refractivity contribution in [2.75, 3.05) is 6.61 Å². The van der Waals surface area contributed by atoms with Crippen LogP contribution in [0.1, 0.15) is 43.0 Å². The molecule has 0 spiro atoms. The van der Waals surface area contributed by atoms with Gasteiger partial charge in [-0.15, -0.1) is 0 Å². The van der Waals surface area contributed by atoms with Crippen LogP contribution in [0.2, 0.25) is 0 Å². The molecule has 1 saturated carbocycles. The lowest BCUT2D eigenvalue weighted by atomic mass is 9.77. The van der Waals surface area contributed by atoms with Gasteiger partial charge in [0.05, 0.1) is 18.3 Å². The van der Waals surface area contributed by atoms with E-state index in [1.54, 1.807) is 12.1 Å². The maximum absolute atomic E-state index is 14.3. The average Bonchev–Trinajstić information content (AvgIpc) is 3.24. The third-order valence-electron chi connectivity index (χ3n) is 4.71. The Hall–Kier alpha value is -2.21. The molecule has 0 aliphatic heterocycles. The quantitative estimate of drug-likeness (QED) is 0.882. The predicted molar refractivity (Wildman–Crippen MR) is 83.2 cm³/mol. The molecule has 128 valence electrons. The Morgan fingerprint density at radius 3 is 2.62 bits per heavy atom. The molecule has 1 heterocycles. The first kappa shape index (κ1) is 16.6. The molecule has 0 bridgehead atoms. The molecule has 1 aromatic carbocycles. The Balaban J connectivity index is 1.91. The molecular formula is C18H19F2NO3. The average molecular weight is 335 g/mol.